The number of fused-ring (bicyclic) bond motifs is 15. The molecule has 2 heterocycles. The summed E-state index contributed by atoms with van der Waals surface area (Å²) in [5.74, 6) is 0. The van der Waals surface area contributed by atoms with Gasteiger partial charge in [0.05, 0.1) is 17.1 Å². The summed E-state index contributed by atoms with van der Waals surface area (Å²) in [6, 6.07) is 91.5. The second-order valence-corrected chi connectivity index (χ2v) is 18.7. The van der Waals surface area contributed by atoms with E-state index in [2.05, 4.69) is 265 Å². The smallest absolute Gasteiger partial charge is 0.160 e. The summed E-state index contributed by atoms with van der Waals surface area (Å²) in [7, 11) is 0. The molecule has 15 rings (SSSR count). The Labute approximate surface area is 414 Å². The van der Waals surface area contributed by atoms with Crippen LogP contribution in [0.25, 0.3) is 109 Å². The molecule has 13 aromatic carbocycles. The van der Waals surface area contributed by atoms with E-state index in [-0.39, 0.29) is 0 Å². The molecule has 72 heavy (non-hydrogen) atoms. The van der Waals surface area contributed by atoms with E-state index < -0.39 is 0 Å². The number of hydrogen-bond donors (Lipinski definition) is 0. The van der Waals surface area contributed by atoms with Gasteiger partial charge < -0.3 is 18.6 Å². The van der Waals surface area contributed by atoms with Gasteiger partial charge in [0.15, 0.2) is 5.58 Å². The highest BCUT2D eigenvalue weighted by molar-refractivity contribution is 6.30. The minimum Gasteiger partial charge on any atom is -0.456 e. The summed E-state index contributed by atoms with van der Waals surface area (Å²) in [6.45, 7) is 0. The van der Waals surface area contributed by atoms with Gasteiger partial charge >= 0.3 is 0 Å². The van der Waals surface area contributed by atoms with Crippen molar-refractivity contribution in [2.75, 3.05) is 9.80 Å². The minimum absolute atomic E-state index is 0.858. The summed E-state index contributed by atoms with van der Waals surface area (Å²) in [5.41, 5.74) is 12.0. The Balaban J connectivity index is 0.897. The molecule has 4 nitrogen and oxygen atoms in total. The van der Waals surface area contributed by atoms with Crippen molar-refractivity contribution in [2.45, 2.75) is 0 Å². The predicted molar refractivity (Wildman–Crippen MR) is 303 cm³/mol. The summed E-state index contributed by atoms with van der Waals surface area (Å²) in [6.07, 6.45) is 0. The molecule has 0 N–H and O–H groups in total. The molecule has 0 amide bonds. The number of furan rings is 2. The second kappa shape index (κ2) is 16.0. The second-order valence-electron chi connectivity index (χ2n) is 18.7. The lowest BCUT2D eigenvalue weighted by molar-refractivity contribution is 0.669. The van der Waals surface area contributed by atoms with Gasteiger partial charge in [0.2, 0.25) is 0 Å². The summed E-state index contributed by atoms with van der Waals surface area (Å²) < 4.78 is 13.8. The summed E-state index contributed by atoms with van der Waals surface area (Å²) in [4.78, 5) is 4.75. The summed E-state index contributed by atoms with van der Waals surface area (Å²) in [5, 5.41) is 16.3. The maximum absolute atomic E-state index is 7.05. The van der Waals surface area contributed by atoms with Crippen LogP contribution in [0.4, 0.5) is 34.1 Å². The van der Waals surface area contributed by atoms with Crippen molar-refractivity contribution in [1.82, 2.24) is 0 Å². The Morgan fingerprint density at radius 1 is 0.250 bits per heavy atom. The van der Waals surface area contributed by atoms with Crippen molar-refractivity contribution >= 4 is 132 Å². The Morgan fingerprint density at radius 3 is 1.38 bits per heavy atom. The Hall–Kier alpha value is -9.64. The third-order valence-corrected chi connectivity index (χ3v) is 14.8. The number of hydrogen-bond acceptors (Lipinski definition) is 4. The van der Waals surface area contributed by atoms with Crippen LogP contribution in [0.1, 0.15) is 0 Å². The molecule has 0 unspecified atom stereocenters. The van der Waals surface area contributed by atoms with Crippen molar-refractivity contribution in [1.29, 1.82) is 0 Å². The van der Waals surface area contributed by atoms with Gasteiger partial charge in [-0.1, -0.05) is 188 Å². The zero-order valence-corrected chi connectivity index (χ0v) is 39.0. The van der Waals surface area contributed by atoms with E-state index in [1.165, 1.54) is 26.9 Å². The molecule has 336 valence electrons. The fourth-order valence-corrected chi connectivity index (χ4v) is 11.6. The molecule has 2 aromatic heterocycles. The first-order valence-corrected chi connectivity index (χ1v) is 24.6. The number of anilines is 6. The lowest BCUT2D eigenvalue weighted by Gasteiger charge is -2.28. The molecule has 0 bridgehead atoms. The number of rotatable bonds is 7. The molecule has 15 aromatic rings. The van der Waals surface area contributed by atoms with Gasteiger partial charge in [-0.3, -0.25) is 0 Å². The molecule has 0 saturated heterocycles. The Morgan fingerprint density at radius 2 is 0.722 bits per heavy atom. The van der Waals surface area contributed by atoms with Gasteiger partial charge in [-0.15, -0.1) is 0 Å². The molecule has 4 heteroatoms. The molecule has 0 atom stereocenters. The fraction of sp³-hybridized carbons (Fsp3) is 0. The van der Waals surface area contributed by atoms with Crippen LogP contribution in [0.5, 0.6) is 0 Å². The van der Waals surface area contributed by atoms with Crippen molar-refractivity contribution in [3.63, 3.8) is 0 Å². The van der Waals surface area contributed by atoms with E-state index in [1.807, 2.05) is 0 Å². The van der Waals surface area contributed by atoms with Crippen molar-refractivity contribution in [2.24, 2.45) is 0 Å². The van der Waals surface area contributed by atoms with E-state index in [0.717, 1.165) is 116 Å². The van der Waals surface area contributed by atoms with Crippen LogP contribution in [-0.4, -0.2) is 0 Å². The minimum atomic E-state index is 0.858. The van der Waals surface area contributed by atoms with Gasteiger partial charge in [0, 0.05) is 55.4 Å². The maximum Gasteiger partial charge on any atom is 0.160 e. The molecule has 0 aliphatic carbocycles. The van der Waals surface area contributed by atoms with Crippen molar-refractivity contribution in [3.8, 4) is 11.1 Å². The predicted octanol–water partition coefficient (Wildman–Crippen LogP) is 19.9. The normalized spacial score (nSPS) is 11.9. The van der Waals surface area contributed by atoms with Gasteiger partial charge in [-0.05, 0) is 115 Å². The average molecular weight is 919 g/mol. The lowest BCUT2D eigenvalue weighted by atomic mass is 9.95. The highest BCUT2D eigenvalue weighted by Crippen LogP contribution is 2.50. The van der Waals surface area contributed by atoms with Crippen LogP contribution >= 0.6 is 0 Å². The largest absolute Gasteiger partial charge is 0.456 e. The van der Waals surface area contributed by atoms with Crippen LogP contribution in [-0.2, 0) is 0 Å². The highest BCUT2D eigenvalue weighted by atomic mass is 16.3. The van der Waals surface area contributed by atoms with Gasteiger partial charge in [-0.2, -0.15) is 0 Å². The molecule has 0 radical (unpaired) electrons. The van der Waals surface area contributed by atoms with E-state index in [4.69, 9.17) is 8.83 Å². The standard InChI is InChI=1S/C68H42N2O2/c1-3-20-47(21-4-1)69(59-42-63-66(57-30-16-15-29-56(57)59)64-51-24-10-7-17-43(51)33-39-61(64)71-63)49-35-31-45(32-36-49)50-37-38-58(55-28-14-13-27-54(50)55)70(48-22-5-2-6-23-48)60-41-46-19-9-12-26-53(46)67-65-52-25-11-8-18-44(52)34-40-62(65)72-68(60)67/h1-42H. The molecule has 0 fully saturated rings. The third-order valence-electron chi connectivity index (χ3n) is 14.8. The van der Waals surface area contributed by atoms with Gasteiger partial charge in [-0.25, -0.2) is 0 Å². The molecule has 0 aliphatic heterocycles. The first-order chi connectivity index (χ1) is 35.7. The zero-order valence-electron chi connectivity index (χ0n) is 39.0. The van der Waals surface area contributed by atoms with Gasteiger partial charge in [0.25, 0.3) is 0 Å². The molecule has 0 aliphatic rings. The van der Waals surface area contributed by atoms with Crippen molar-refractivity contribution < 1.29 is 8.83 Å². The number of nitrogens with zero attached hydrogens (tertiary/aromatic N) is 2. The van der Waals surface area contributed by atoms with E-state index in [1.54, 1.807) is 0 Å². The van der Waals surface area contributed by atoms with Gasteiger partial charge in [0.1, 0.15) is 16.7 Å². The van der Waals surface area contributed by atoms with Crippen LogP contribution in [0.3, 0.4) is 0 Å². The molecular formula is C68H42N2O2. The monoisotopic (exact) mass is 918 g/mol. The average Bonchev–Trinajstić information content (AvgIpc) is 4.04. The van der Waals surface area contributed by atoms with E-state index >= 15 is 0 Å². The maximum atomic E-state index is 7.05. The molecule has 0 saturated carbocycles. The third kappa shape index (κ3) is 6.12. The fourth-order valence-electron chi connectivity index (χ4n) is 11.6. The van der Waals surface area contributed by atoms with Crippen LogP contribution in [0, 0.1) is 0 Å². The first-order valence-electron chi connectivity index (χ1n) is 24.6. The SMILES string of the molecule is c1ccc(N(c2ccc(-c3ccc(N(c4ccccc4)c4cc5ccccc5c5c4oc4ccc6ccccc6c45)c4ccccc34)cc2)c2cc3oc4ccc5ccccc5c4c3c3ccccc23)cc1. The Kier molecular flexibility index (Phi) is 8.92. The van der Waals surface area contributed by atoms with Crippen LogP contribution in [0.2, 0.25) is 0 Å². The van der Waals surface area contributed by atoms with E-state index in [9.17, 15) is 0 Å². The van der Waals surface area contributed by atoms with Crippen molar-refractivity contribution in [3.05, 3.63) is 255 Å². The van der Waals surface area contributed by atoms with E-state index in [0.29, 0.717) is 0 Å². The zero-order chi connectivity index (χ0) is 47.3. The molecule has 0 spiro atoms. The number of benzene rings is 13. The van der Waals surface area contributed by atoms with Crippen LogP contribution in [0.15, 0.2) is 264 Å². The quantitative estimate of drug-likeness (QED) is 0.159. The Bertz CT molecular complexity index is 4630. The van der Waals surface area contributed by atoms with Crippen LogP contribution < -0.4 is 9.80 Å². The topological polar surface area (TPSA) is 32.8 Å². The first kappa shape index (κ1) is 40.3. The highest BCUT2D eigenvalue weighted by Gasteiger charge is 2.26. The summed E-state index contributed by atoms with van der Waals surface area (Å²) >= 11 is 0. The molecular weight excluding hydrogens is 877 g/mol. The lowest BCUT2D eigenvalue weighted by Crippen LogP contribution is -2.11. The number of para-hydroxylation sites is 2.